The minimum Gasteiger partial charge on any atom is -0.204 e. The summed E-state index contributed by atoms with van der Waals surface area (Å²) in [5, 5.41) is 3.41. The zero-order valence-corrected chi connectivity index (χ0v) is 10.3. The SMILES string of the molecule is Cc1cnn(S(=O)(=O)c2cccc(Cl)c2F)c1. The van der Waals surface area contributed by atoms with Gasteiger partial charge in [0.2, 0.25) is 0 Å². The lowest BCUT2D eigenvalue weighted by atomic mass is 10.3. The molecule has 0 saturated carbocycles. The van der Waals surface area contributed by atoms with Crippen molar-refractivity contribution < 1.29 is 12.8 Å². The van der Waals surface area contributed by atoms with Crippen molar-refractivity contribution in [3.63, 3.8) is 0 Å². The number of nitrogens with zero attached hydrogens (tertiary/aromatic N) is 2. The predicted molar refractivity (Wildman–Crippen MR) is 61.0 cm³/mol. The smallest absolute Gasteiger partial charge is 0.204 e. The number of hydrogen-bond acceptors (Lipinski definition) is 3. The first kappa shape index (κ1) is 12.1. The Morgan fingerprint density at radius 3 is 2.71 bits per heavy atom. The Bertz CT molecular complexity index is 667. The van der Waals surface area contributed by atoms with Crippen molar-refractivity contribution in [1.82, 2.24) is 9.19 Å². The summed E-state index contributed by atoms with van der Waals surface area (Å²) in [6.45, 7) is 1.69. The summed E-state index contributed by atoms with van der Waals surface area (Å²) in [5.74, 6) is -0.970. The summed E-state index contributed by atoms with van der Waals surface area (Å²) in [5.41, 5.74) is 0.663. The van der Waals surface area contributed by atoms with E-state index in [2.05, 4.69) is 5.10 Å². The Hall–Kier alpha value is -1.40. The number of hydrogen-bond donors (Lipinski definition) is 0. The van der Waals surface area contributed by atoms with Gasteiger partial charge in [-0.3, -0.25) is 0 Å². The normalized spacial score (nSPS) is 11.7. The maximum Gasteiger partial charge on any atom is 0.285 e. The first-order valence-corrected chi connectivity index (χ1v) is 6.45. The van der Waals surface area contributed by atoms with E-state index < -0.39 is 20.7 Å². The average molecular weight is 275 g/mol. The van der Waals surface area contributed by atoms with Crippen LogP contribution in [0.5, 0.6) is 0 Å². The Balaban J connectivity index is 2.64. The molecule has 2 rings (SSSR count). The summed E-state index contributed by atoms with van der Waals surface area (Å²) < 4.78 is 38.4. The van der Waals surface area contributed by atoms with Crippen LogP contribution in [0.1, 0.15) is 5.56 Å². The van der Waals surface area contributed by atoms with Crippen LogP contribution in [0.4, 0.5) is 4.39 Å². The van der Waals surface area contributed by atoms with Gasteiger partial charge >= 0.3 is 0 Å². The maximum atomic E-state index is 13.6. The van der Waals surface area contributed by atoms with Crippen LogP contribution in [0.3, 0.4) is 0 Å². The summed E-state index contributed by atoms with van der Waals surface area (Å²) in [4.78, 5) is -0.492. The quantitative estimate of drug-likeness (QED) is 0.844. The summed E-state index contributed by atoms with van der Waals surface area (Å²) in [7, 11) is -4.03. The van der Waals surface area contributed by atoms with E-state index in [0.717, 1.165) is 10.2 Å². The van der Waals surface area contributed by atoms with Gasteiger partial charge in [-0.15, -0.1) is 0 Å². The highest BCUT2D eigenvalue weighted by atomic mass is 35.5. The molecule has 1 heterocycles. The molecule has 7 heteroatoms. The van der Waals surface area contributed by atoms with E-state index in [-0.39, 0.29) is 5.02 Å². The molecule has 1 aromatic carbocycles. The van der Waals surface area contributed by atoms with Crippen LogP contribution >= 0.6 is 11.6 Å². The number of benzene rings is 1. The number of aryl methyl sites for hydroxylation is 1. The van der Waals surface area contributed by atoms with E-state index in [1.165, 1.54) is 24.5 Å². The van der Waals surface area contributed by atoms with E-state index in [0.29, 0.717) is 5.56 Å². The molecule has 0 aliphatic heterocycles. The largest absolute Gasteiger partial charge is 0.285 e. The first-order valence-electron chi connectivity index (χ1n) is 4.64. The summed E-state index contributed by atoms with van der Waals surface area (Å²) in [6.07, 6.45) is 2.68. The van der Waals surface area contributed by atoms with Crippen molar-refractivity contribution in [1.29, 1.82) is 0 Å². The lowest BCUT2D eigenvalue weighted by Gasteiger charge is -2.05. The summed E-state index contributed by atoms with van der Waals surface area (Å²) >= 11 is 5.54. The zero-order chi connectivity index (χ0) is 12.6. The molecular formula is C10H8ClFN2O2S. The Morgan fingerprint density at radius 2 is 2.12 bits per heavy atom. The van der Waals surface area contributed by atoms with Gasteiger partial charge in [0.05, 0.1) is 11.2 Å². The van der Waals surface area contributed by atoms with E-state index in [4.69, 9.17) is 11.6 Å². The highest BCUT2D eigenvalue weighted by molar-refractivity contribution is 7.89. The molecule has 0 aliphatic carbocycles. The number of rotatable bonds is 2. The molecule has 2 aromatic rings. The molecule has 0 spiro atoms. The molecule has 0 radical (unpaired) electrons. The third-order valence-corrected chi connectivity index (χ3v) is 3.98. The van der Waals surface area contributed by atoms with Crippen molar-refractivity contribution in [2.75, 3.05) is 0 Å². The van der Waals surface area contributed by atoms with Gasteiger partial charge in [-0.25, -0.2) is 4.39 Å². The third kappa shape index (κ3) is 2.05. The van der Waals surface area contributed by atoms with E-state index >= 15 is 0 Å². The fraction of sp³-hybridized carbons (Fsp3) is 0.100. The highest BCUT2D eigenvalue weighted by Gasteiger charge is 2.23. The maximum absolute atomic E-state index is 13.6. The van der Waals surface area contributed by atoms with Crippen LogP contribution in [-0.4, -0.2) is 17.6 Å². The molecule has 17 heavy (non-hydrogen) atoms. The molecule has 0 saturated heterocycles. The molecule has 0 aliphatic rings. The van der Waals surface area contributed by atoms with Crippen LogP contribution < -0.4 is 0 Å². The molecule has 4 nitrogen and oxygen atoms in total. The van der Waals surface area contributed by atoms with Gasteiger partial charge in [0.25, 0.3) is 10.0 Å². The second-order valence-electron chi connectivity index (χ2n) is 3.45. The lowest BCUT2D eigenvalue weighted by molar-refractivity contribution is 0.556. The van der Waals surface area contributed by atoms with Crippen LogP contribution in [0.2, 0.25) is 5.02 Å². The molecule has 0 atom stereocenters. The van der Waals surface area contributed by atoms with Gasteiger partial charge in [0.15, 0.2) is 5.82 Å². The van der Waals surface area contributed by atoms with Gasteiger partial charge in [-0.2, -0.15) is 17.6 Å². The number of aromatic nitrogens is 2. The highest BCUT2D eigenvalue weighted by Crippen LogP contribution is 2.23. The van der Waals surface area contributed by atoms with Crippen LogP contribution in [-0.2, 0) is 10.0 Å². The molecule has 90 valence electrons. The zero-order valence-electron chi connectivity index (χ0n) is 8.76. The Morgan fingerprint density at radius 1 is 1.41 bits per heavy atom. The van der Waals surface area contributed by atoms with Crippen molar-refractivity contribution in [2.24, 2.45) is 0 Å². The van der Waals surface area contributed by atoms with E-state index in [1.807, 2.05) is 0 Å². The Labute approximate surface area is 103 Å². The third-order valence-electron chi connectivity index (χ3n) is 2.13. The Kier molecular flexibility index (Phi) is 2.92. The van der Waals surface area contributed by atoms with E-state index in [1.54, 1.807) is 6.92 Å². The minimum atomic E-state index is -4.03. The number of halogens is 2. The minimum absolute atomic E-state index is 0.241. The van der Waals surface area contributed by atoms with Gasteiger partial charge < -0.3 is 0 Å². The molecule has 0 unspecified atom stereocenters. The first-order chi connectivity index (χ1) is 7.93. The topological polar surface area (TPSA) is 52.0 Å². The molecule has 0 fully saturated rings. The van der Waals surface area contributed by atoms with Crippen molar-refractivity contribution >= 4 is 21.6 Å². The molecular weight excluding hydrogens is 267 g/mol. The average Bonchev–Trinajstić information content (AvgIpc) is 2.69. The molecule has 1 aromatic heterocycles. The monoisotopic (exact) mass is 274 g/mol. The fourth-order valence-corrected chi connectivity index (χ4v) is 2.80. The van der Waals surface area contributed by atoms with Gasteiger partial charge in [0, 0.05) is 6.20 Å². The second-order valence-corrected chi connectivity index (χ2v) is 5.62. The van der Waals surface area contributed by atoms with Crippen molar-refractivity contribution in [3.05, 3.63) is 47.0 Å². The molecule has 0 N–H and O–H groups in total. The van der Waals surface area contributed by atoms with Gasteiger partial charge in [-0.1, -0.05) is 17.7 Å². The standard InChI is InChI=1S/C10H8ClFN2O2S/c1-7-5-13-14(6-7)17(15,16)9-4-2-3-8(11)10(9)12/h2-6H,1H3. The van der Waals surface area contributed by atoms with Crippen LogP contribution in [0.25, 0.3) is 0 Å². The second kappa shape index (κ2) is 4.12. The van der Waals surface area contributed by atoms with Crippen molar-refractivity contribution in [3.8, 4) is 0 Å². The lowest BCUT2D eigenvalue weighted by Crippen LogP contribution is -2.15. The van der Waals surface area contributed by atoms with Crippen LogP contribution in [0, 0.1) is 12.7 Å². The van der Waals surface area contributed by atoms with Gasteiger partial charge in [0.1, 0.15) is 4.90 Å². The van der Waals surface area contributed by atoms with Crippen LogP contribution in [0.15, 0.2) is 35.5 Å². The predicted octanol–water partition coefficient (Wildman–Crippen LogP) is 2.22. The molecule has 0 amide bonds. The van der Waals surface area contributed by atoms with Gasteiger partial charge in [-0.05, 0) is 24.6 Å². The summed E-state index contributed by atoms with van der Waals surface area (Å²) in [6, 6.07) is 3.80. The van der Waals surface area contributed by atoms with E-state index in [9.17, 15) is 12.8 Å². The molecule has 0 bridgehead atoms. The fourth-order valence-electron chi connectivity index (χ4n) is 1.30. The van der Waals surface area contributed by atoms with Crippen molar-refractivity contribution in [2.45, 2.75) is 11.8 Å².